The van der Waals surface area contributed by atoms with Gasteiger partial charge >= 0.3 is 5.97 Å². The molecule has 3 aliphatic heterocycles. The fourth-order valence-electron chi connectivity index (χ4n) is 10.3. The maximum atomic E-state index is 14.1. The highest BCUT2D eigenvalue weighted by Gasteiger charge is 2.51. The first-order valence-electron chi connectivity index (χ1n) is 29.0. The third kappa shape index (κ3) is 25.5. The highest BCUT2D eigenvalue weighted by molar-refractivity contribution is 5.80. The van der Waals surface area contributed by atoms with E-state index >= 15 is 0 Å². The molecule has 0 aromatic carbocycles. The van der Waals surface area contributed by atoms with E-state index in [2.05, 4.69) is 5.32 Å². The van der Waals surface area contributed by atoms with E-state index in [0.29, 0.717) is 52.0 Å². The molecule has 21 heteroatoms. The average Bonchev–Trinajstić information content (AvgIpc) is 3.39. The molecule has 3 heterocycles. The summed E-state index contributed by atoms with van der Waals surface area (Å²) in [5, 5.41) is 116. The number of fused-ring (bicyclic) bond motifs is 2. The smallest absolute Gasteiger partial charge is 0.308 e. The van der Waals surface area contributed by atoms with Crippen molar-refractivity contribution in [3.8, 4) is 0 Å². The van der Waals surface area contributed by atoms with Gasteiger partial charge in [0, 0.05) is 44.1 Å². The minimum absolute atomic E-state index is 0.0971. The summed E-state index contributed by atoms with van der Waals surface area (Å²) in [4.78, 5) is 28.8. The zero-order valence-corrected chi connectivity index (χ0v) is 47.7. The van der Waals surface area contributed by atoms with E-state index in [1.165, 1.54) is 0 Å². The summed E-state index contributed by atoms with van der Waals surface area (Å²) >= 11 is 0. The Balaban J connectivity index is 2.02. The van der Waals surface area contributed by atoms with Gasteiger partial charge in [-0.15, -0.1) is 0 Å². The number of carbonyl (C=O) groups is 2. The number of unbranched alkanes of at least 4 members (excludes halogenated alkanes) is 3. The van der Waals surface area contributed by atoms with Crippen molar-refractivity contribution >= 4 is 11.9 Å². The predicted molar refractivity (Wildman–Crippen MR) is 305 cm³/mol. The summed E-state index contributed by atoms with van der Waals surface area (Å²) in [5.41, 5.74) is 17.4. The molecule has 2 saturated heterocycles. The van der Waals surface area contributed by atoms with Crippen molar-refractivity contribution < 1.29 is 79.6 Å². The molecular formula is C59H101N5O16. The van der Waals surface area contributed by atoms with E-state index in [-0.39, 0.29) is 38.1 Å². The topological polar surface area (TPSA) is 367 Å². The van der Waals surface area contributed by atoms with Crippen molar-refractivity contribution in [2.75, 3.05) is 39.3 Å². The molecule has 0 radical (unpaired) electrons. The highest BCUT2D eigenvalue weighted by atomic mass is 16.7. The molecule has 2 fully saturated rings. The zero-order chi connectivity index (χ0) is 59.2. The van der Waals surface area contributed by atoms with E-state index in [0.717, 1.165) is 19.3 Å². The van der Waals surface area contributed by atoms with Gasteiger partial charge in [0.15, 0.2) is 12.1 Å². The fourth-order valence-corrected chi connectivity index (χ4v) is 10.3. The van der Waals surface area contributed by atoms with Gasteiger partial charge in [0.1, 0.15) is 12.2 Å². The van der Waals surface area contributed by atoms with Crippen LogP contribution in [0.15, 0.2) is 85.1 Å². The summed E-state index contributed by atoms with van der Waals surface area (Å²) in [6, 6.07) is -0.848. The third-order valence-electron chi connectivity index (χ3n) is 15.1. The number of aliphatic hydroxyl groups excluding tert-OH is 9. The minimum atomic E-state index is -2.28. The summed E-state index contributed by atoms with van der Waals surface area (Å²) in [6.45, 7) is 9.39. The van der Waals surface area contributed by atoms with Gasteiger partial charge in [-0.3, -0.25) is 14.5 Å². The van der Waals surface area contributed by atoms with Crippen LogP contribution in [0.2, 0.25) is 0 Å². The van der Waals surface area contributed by atoms with Gasteiger partial charge in [-0.05, 0) is 91.5 Å². The monoisotopic (exact) mass is 1140 g/mol. The molecule has 21 nitrogen and oxygen atoms in total. The first kappa shape index (κ1) is 70.7. The zero-order valence-electron chi connectivity index (χ0n) is 47.7. The molecule has 0 spiro atoms. The quantitative estimate of drug-likeness (QED) is 0.0765. The van der Waals surface area contributed by atoms with Crippen LogP contribution in [0.25, 0.3) is 0 Å². The lowest BCUT2D eigenvalue weighted by molar-refractivity contribution is -0.311. The number of cyclic esters (lactones) is 1. The van der Waals surface area contributed by atoms with E-state index in [1.807, 2.05) is 66.5 Å². The second-order valence-corrected chi connectivity index (χ2v) is 22.0. The SMILES string of the molecule is C[C@@H]1[C@H](O)[C@@H](C)C=CC=CC=CC=CC=CC=CC=C[C@H](O[C@@H]2O[C@H](C)[C@@H](O)[C@H](N(CCCN)CCCN)[C@@H]2O)C[C@@H]2O[C@](O)(C[C@@H](O)C[C@@H](O)[C@H](O)CC[C@@H](O)C[C@@H](O)CC(=O)O[C@H]1C)C[C@H](O)[C@H]2C(=O)NCCCCCCN. The molecular weight excluding hydrogens is 1030 g/mol. The van der Waals surface area contributed by atoms with E-state index < -0.39 is 147 Å². The van der Waals surface area contributed by atoms with Gasteiger partial charge in [-0.25, -0.2) is 0 Å². The second kappa shape index (κ2) is 38.3. The lowest BCUT2D eigenvalue weighted by Gasteiger charge is -2.48. The lowest BCUT2D eigenvalue weighted by atomic mass is 9.82. The molecule has 0 aromatic heterocycles. The van der Waals surface area contributed by atoms with Crippen LogP contribution in [0.4, 0.5) is 0 Å². The van der Waals surface area contributed by atoms with Crippen LogP contribution >= 0.6 is 0 Å². The molecule has 0 unspecified atom stereocenters. The van der Waals surface area contributed by atoms with Crippen molar-refractivity contribution in [1.82, 2.24) is 10.2 Å². The molecule has 2 bridgehead atoms. The Morgan fingerprint density at radius 3 is 1.81 bits per heavy atom. The van der Waals surface area contributed by atoms with Crippen LogP contribution in [-0.4, -0.2) is 205 Å². The molecule has 3 rings (SSSR count). The molecule has 0 saturated carbocycles. The molecule has 19 atom stereocenters. The number of esters is 1. The van der Waals surface area contributed by atoms with Crippen molar-refractivity contribution in [3.63, 3.8) is 0 Å². The molecule has 17 N–H and O–H groups in total. The lowest BCUT2D eigenvalue weighted by Crippen LogP contribution is -2.64. The van der Waals surface area contributed by atoms with Crippen molar-refractivity contribution in [2.45, 2.75) is 215 Å². The van der Waals surface area contributed by atoms with Crippen LogP contribution in [0, 0.1) is 17.8 Å². The second-order valence-electron chi connectivity index (χ2n) is 22.0. The summed E-state index contributed by atoms with van der Waals surface area (Å²) in [7, 11) is 0. The molecule has 0 aliphatic carbocycles. The Morgan fingerprint density at radius 2 is 1.21 bits per heavy atom. The van der Waals surface area contributed by atoms with E-state index in [4.69, 9.17) is 36.1 Å². The number of carbonyl (C=O) groups excluding carboxylic acids is 2. The summed E-state index contributed by atoms with van der Waals surface area (Å²) in [5.74, 6) is -5.57. The third-order valence-corrected chi connectivity index (χ3v) is 15.1. The molecule has 1 amide bonds. The largest absolute Gasteiger partial charge is 0.462 e. The first-order chi connectivity index (χ1) is 38.1. The molecule has 458 valence electrons. The van der Waals surface area contributed by atoms with Crippen molar-refractivity contribution in [1.29, 1.82) is 0 Å². The maximum Gasteiger partial charge on any atom is 0.308 e. The highest BCUT2D eigenvalue weighted by Crippen LogP contribution is 2.38. The number of amides is 1. The Bertz CT molecular complexity index is 1950. The number of hydrogen-bond donors (Lipinski definition) is 14. The maximum absolute atomic E-state index is 14.1. The summed E-state index contributed by atoms with van der Waals surface area (Å²) in [6.07, 6.45) is 9.47. The van der Waals surface area contributed by atoms with Crippen LogP contribution in [0.3, 0.4) is 0 Å². The standard InChI is InChI=1S/C59H101N5O16/c1-39-23-17-13-11-9-7-5-6-8-10-12-14-18-24-46(79-58-56(74)53(55(73)42(4)78-58)64(31-21-28-61)32-22-29-62)36-50-52(57(75)63-30-20-16-15-19-27-60)49(70)38-59(76,80-50)37-45(67)34-48(69)47(68)26-25-43(65)33-44(66)35-51(71)77-41(3)40(2)54(39)72/h5-14,17-18,23-24,39-50,52-56,58,65-70,72-74,76H,15-16,19-22,25-38,60-62H2,1-4H3,(H,63,75)/t39-,40-,41-,42+,43+,44+,45-,46-,47+,48+,49-,50-,52+,53-,54+,55+,56-,58-,59+/m0/s1. The van der Waals surface area contributed by atoms with Gasteiger partial charge in [0.25, 0.3) is 0 Å². The van der Waals surface area contributed by atoms with Crippen molar-refractivity contribution in [3.05, 3.63) is 85.1 Å². The normalized spacial score (nSPS) is 36.5. The van der Waals surface area contributed by atoms with Crippen LogP contribution in [-0.2, 0) is 28.5 Å². The van der Waals surface area contributed by atoms with E-state index in [9.17, 15) is 60.7 Å². The van der Waals surface area contributed by atoms with E-state index in [1.54, 1.807) is 51.2 Å². The molecule has 3 aliphatic rings. The average molecular weight is 1140 g/mol. The number of allylic oxidation sites excluding steroid dienone is 12. The first-order valence-corrected chi connectivity index (χ1v) is 29.0. The Hall–Kier alpha value is -3.56. The molecule has 0 aromatic rings. The number of aliphatic hydroxyl groups is 10. The number of nitrogens with one attached hydrogen (secondary N) is 1. The predicted octanol–water partition coefficient (Wildman–Crippen LogP) is 1.30. The Kier molecular flexibility index (Phi) is 33.9. The number of nitrogens with two attached hydrogens (primary N) is 3. The van der Waals surface area contributed by atoms with Gasteiger partial charge in [0.05, 0.1) is 85.5 Å². The van der Waals surface area contributed by atoms with Crippen LogP contribution < -0.4 is 22.5 Å². The fraction of sp³-hybridized carbons (Fsp3) is 0.729. The van der Waals surface area contributed by atoms with Crippen LogP contribution in [0.5, 0.6) is 0 Å². The van der Waals surface area contributed by atoms with Gasteiger partial charge < -0.3 is 92.5 Å². The minimum Gasteiger partial charge on any atom is -0.462 e. The van der Waals surface area contributed by atoms with Crippen molar-refractivity contribution in [2.24, 2.45) is 35.0 Å². The number of hydrogen-bond acceptors (Lipinski definition) is 20. The number of nitrogens with zero attached hydrogens (tertiary/aromatic N) is 1. The van der Waals surface area contributed by atoms with Gasteiger partial charge in [-0.2, -0.15) is 0 Å². The number of rotatable bonds is 16. The Morgan fingerprint density at radius 1 is 0.637 bits per heavy atom. The molecule has 80 heavy (non-hydrogen) atoms. The summed E-state index contributed by atoms with van der Waals surface area (Å²) < 4.78 is 24.6. The van der Waals surface area contributed by atoms with Gasteiger partial charge in [-0.1, -0.05) is 112 Å². The van der Waals surface area contributed by atoms with Crippen LogP contribution in [0.1, 0.15) is 118 Å². The van der Waals surface area contributed by atoms with Gasteiger partial charge in [0.2, 0.25) is 5.91 Å². The Labute approximate surface area is 474 Å². The number of ether oxygens (including phenoxy) is 4.